The van der Waals surface area contributed by atoms with Crippen LogP contribution >= 0.6 is 11.6 Å². The number of rotatable bonds is 3. The molecule has 0 amide bonds. The second-order valence-corrected chi connectivity index (χ2v) is 4.92. The highest BCUT2D eigenvalue weighted by Gasteiger charge is 2.40. The predicted molar refractivity (Wildman–Crippen MR) is 56.4 cm³/mol. The lowest BCUT2D eigenvalue weighted by atomic mass is 10.1. The van der Waals surface area contributed by atoms with Crippen molar-refractivity contribution in [1.29, 1.82) is 0 Å². The molecule has 0 radical (unpaired) electrons. The summed E-state index contributed by atoms with van der Waals surface area (Å²) < 4.78 is 2.06. The summed E-state index contributed by atoms with van der Waals surface area (Å²) in [6, 6.07) is 0.555. The zero-order valence-corrected chi connectivity index (χ0v) is 9.62. The van der Waals surface area contributed by atoms with E-state index >= 15 is 0 Å². The van der Waals surface area contributed by atoms with Crippen molar-refractivity contribution in [3.8, 4) is 0 Å². The smallest absolute Gasteiger partial charge is 0.225 e. The largest absolute Gasteiger partial charge is 0.299 e. The second kappa shape index (κ2) is 3.54. The van der Waals surface area contributed by atoms with Crippen LogP contribution in [-0.4, -0.2) is 14.8 Å². The molecule has 1 aromatic rings. The van der Waals surface area contributed by atoms with E-state index in [0.29, 0.717) is 11.3 Å². The van der Waals surface area contributed by atoms with Crippen molar-refractivity contribution in [2.45, 2.75) is 39.7 Å². The summed E-state index contributed by atoms with van der Waals surface area (Å²) in [5.41, 5.74) is 0. The number of nitrogens with zero attached hydrogens (tertiary/aromatic N) is 3. The van der Waals surface area contributed by atoms with Crippen molar-refractivity contribution in [3.63, 3.8) is 0 Å². The van der Waals surface area contributed by atoms with Gasteiger partial charge in [-0.3, -0.25) is 4.57 Å². The average Bonchev–Trinajstić information content (AvgIpc) is 2.72. The Morgan fingerprint density at radius 1 is 1.50 bits per heavy atom. The van der Waals surface area contributed by atoms with Gasteiger partial charge in [-0.25, -0.2) is 0 Å². The summed E-state index contributed by atoms with van der Waals surface area (Å²) in [5.74, 6) is 2.48. The van der Waals surface area contributed by atoms with Crippen molar-refractivity contribution in [2.24, 2.45) is 11.8 Å². The van der Waals surface area contributed by atoms with Crippen LogP contribution < -0.4 is 0 Å². The molecular formula is C10H16ClN3. The topological polar surface area (TPSA) is 30.7 Å². The molecule has 3 nitrogen and oxygen atoms in total. The van der Waals surface area contributed by atoms with E-state index in [-0.39, 0.29) is 0 Å². The Morgan fingerprint density at radius 2 is 2.21 bits per heavy atom. The molecule has 1 aliphatic rings. The van der Waals surface area contributed by atoms with Gasteiger partial charge in [0, 0.05) is 6.04 Å². The van der Waals surface area contributed by atoms with Gasteiger partial charge in [0.15, 0.2) is 0 Å². The van der Waals surface area contributed by atoms with Crippen LogP contribution in [0.4, 0.5) is 0 Å². The zero-order valence-electron chi connectivity index (χ0n) is 8.87. The zero-order chi connectivity index (χ0) is 10.3. The predicted octanol–water partition coefficient (Wildman–Crippen LogP) is 2.85. The van der Waals surface area contributed by atoms with Gasteiger partial charge in [0.05, 0.1) is 0 Å². The molecule has 1 aromatic heterocycles. The maximum absolute atomic E-state index is 5.97. The third-order valence-electron chi connectivity index (χ3n) is 2.82. The number of hydrogen-bond acceptors (Lipinski definition) is 2. The van der Waals surface area contributed by atoms with E-state index in [9.17, 15) is 0 Å². The van der Waals surface area contributed by atoms with E-state index in [2.05, 4.69) is 28.6 Å². The van der Waals surface area contributed by atoms with Crippen molar-refractivity contribution in [2.75, 3.05) is 0 Å². The number of aromatic nitrogens is 3. The van der Waals surface area contributed by atoms with Gasteiger partial charge >= 0.3 is 0 Å². The minimum atomic E-state index is 0.541. The van der Waals surface area contributed by atoms with Crippen LogP contribution in [0.3, 0.4) is 0 Å². The van der Waals surface area contributed by atoms with E-state index in [1.165, 1.54) is 12.8 Å². The fourth-order valence-corrected chi connectivity index (χ4v) is 2.41. The molecule has 2 unspecified atom stereocenters. The summed E-state index contributed by atoms with van der Waals surface area (Å²) in [6.45, 7) is 6.48. The highest BCUT2D eigenvalue weighted by atomic mass is 35.5. The van der Waals surface area contributed by atoms with Gasteiger partial charge in [-0.1, -0.05) is 13.8 Å². The summed E-state index contributed by atoms with van der Waals surface area (Å²) in [6.07, 6.45) is 2.51. The van der Waals surface area contributed by atoms with Crippen LogP contribution in [0.15, 0.2) is 0 Å². The average molecular weight is 214 g/mol. The first kappa shape index (κ1) is 9.97. The maximum Gasteiger partial charge on any atom is 0.225 e. The summed E-state index contributed by atoms with van der Waals surface area (Å²) in [4.78, 5) is 0. The molecule has 14 heavy (non-hydrogen) atoms. The normalized spacial score (nSPS) is 25.8. The molecule has 0 aliphatic heterocycles. The van der Waals surface area contributed by atoms with Gasteiger partial charge in [0.2, 0.25) is 5.28 Å². The molecule has 0 saturated heterocycles. The quantitative estimate of drug-likeness (QED) is 0.773. The Morgan fingerprint density at radius 3 is 2.71 bits per heavy atom. The van der Waals surface area contributed by atoms with Crippen LogP contribution in [0.5, 0.6) is 0 Å². The van der Waals surface area contributed by atoms with Crippen LogP contribution in [-0.2, 0) is 0 Å². The molecule has 4 heteroatoms. The first-order chi connectivity index (χ1) is 6.59. The van der Waals surface area contributed by atoms with Crippen LogP contribution in [0.25, 0.3) is 0 Å². The SMILES string of the molecule is Cc1nnc(Cl)n1C1CC1CC(C)C. The van der Waals surface area contributed by atoms with Crippen molar-refractivity contribution >= 4 is 11.6 Å². The first-order valence-electron chi connectivity index (χ1n) is 5.16. The minimum Gasteiger partial charge on any atom is -0.299 e. The van der Waals surface area contributed by atoms with Crippen LogP contribution in [0.2, 0.25) is 5.28 Å². The van der Waals surface area contributed by atoms with E-state index in [0.717, 1.165) is 17.7 Å². The Kier molecular flexibility index (Phi) is 2.52. The summed E-state index contributed by atoms with van der Waals surface area (Å²) >= 11 is 5.97. The monoisotopic (exact) mass is 213 g/mol. The molecule has 0 N–H and O–H groups in total. The Bertz CT molecular complexity index is 313. The van der Waals surface area contributed by atoms with E-state index in [4.69, 9.17) is 11.6 Å². The molecule has 2 rings (SSSR count). The molecule has 1 saturated carbocycles. The lowest BCUT2D eigenvalue weighted by molar-refractivity contribution is 0.503. The van der Waals surface area contributed by atoms with Crippen molar-refractivity contribution in [1.82, 2.24) is 14.8 Å². The summed E-state index contributed by atoms with van der Waals surface area (Å²) in [7, 11) is 0. The maximum atomic E-state index is 5.97. The summed E-state index contributed by atoms with van der Waals surface area (Å²) in [5, 5.41) is 8.38. The van der Waals surface area contributed by atoms with Crippen molar-refractivity contribution < 1.29 is 0 Å². The number of hydrogen-bond donors (Lipinski definition) is 0. The molecule has 0 aromatic carbocycles. The van der Waals surface area contributed by atoms with Gasteiger partial charge in [-0.15, -0.1) is 10.2 Å². The number of halogens is 1. The second-order valence-electron chi connectivity index (χ2n) is 4.58. The lowest BCUT2D eigenvalue weighted by Crippen LogP contribution is -2.01. The first-order valence-corrected chi connectivity index (χ1v) is 5.54. The molecule has 1 aliphatic carbocycles. The molecular weight excluding hydrogens is 198 g/mol. The van der Waals surface area contributed by atoms with Gasteiger partial charge in [-0.2, -0.15) is 0 Å². The Labute approximate surface area is 89.5 Å². The number of aryl methyl sites for hydroxylation is 1. The molecule has 1 fully saturated rings. The standard InChI is InChI=1S/C10H16ClN3/c1-6(2)4-8-5-9(8)14-7(3)12-13-10(14)11/h6,8-9H,4-5H2,1-3H3. The third-order valence-corrected chi connectivity index (χ3v) is 3.07. The van der Waals surface area contributed by atoms with E-state index < -0.39 is 0 Å². The van der Waals surface area contributed by atoms with Crippen LogP contribution in [0.1, 0.15) is 38.6 Å². The van der Waals surface area contributed by atoms with Gasteiger partial charge < -0.3 is 0 Å². The van der Waals surface area contributed by atoms with Gasteiger partial charge in [0.1, 0.15) is 5.82 Å². The molecule has 1 heterocycles. The van der Waals surface area contributed by atoms with Gasteiger partial charge in [-0.05, 0) is 43.2 Å². The third kappa shape index (κ3) is 1.78. The Hall–Kier alpha value is -0.570. The van der Waals surface area contributed by atoms with Gasteiger partial charge in [0.25, 0.3) is 0 Å². The minimum absolute atomic E-state index is 0.541. The highest BCUT2D eigenvalue weighted by molar-refractivity contribution is 6.28. The molecule has 0 bridgehead atoms. The molecule has 0 spiro atoms. The lowest BCUT2D eigenvalue weighted by Gasteiger charge is -2.06. The Balaban J connectivity index is 2.05. The highest BCUT2D eigenvalue weighted by Crippen LogP contribution is 2.48. The van der Waals surface area contributed by atoms with Crippen molar-refractivity contribution in [3.05, 3.63) is 11.1 Å². The van der Waals surface area contributed by atoms with Crippen LogP contribution in [0, 0.1) is 18.8 Å². The van der Waals surface area contributed by atoms with E-state index in [1.54, 1.807) is 0 Å². The molecule has 78 valence electrons. The fourth-order valence-electron chi connectivity index (χ4n) is 2.13. The molecule has 2 atom stereocenters. The fraction of sp³-hybridized carbons (Fsp3) is 0.800. The van der Waals surface area contributed by atoms with E-state index in [1.807, 2.05) is 6.92 Å².